The van der Waals surface area contributed by atoms with E-state index in [9.17, 15) is 4.79 Å². The maximum atomic E-state index is 12.3. The molecule has 1 heterocycles. The lowest BCUT2D eigenvalue weighted by molar-refractivity contribution is 0.0709. The van der Waals surface area contributed by atoms with Crippen LogP contribution in [-0.2, 0) is 0 Å². The summed E-state index contributed by atoms with van der Waals surface area (Å²) in [5.74, 6) is 0.0975. The van der Waals surface area contributed by atoms with Crippen molar-refractivity contribution in [1.82, 2.24) is 10.2 Å². The molecule has 1 N–H and O–H groups in total. The lowest BCUT2D eigenvalue weighted by Crippen LogP contribution is -2.51. The molecular weight excluding hydrogens is 348 g/mol. The summed E-state index contributed by atoms with van der Waals surface area (Å²) in [5.41, 5.74) is 0.723. The molecule has 1 fully saturated rings. The number of hydrogen-bond donors (Lipinski definition) is 1. The molecule has 3 nitrogen and oxygen atoms in total. The van der Waals surface area contributed by atoms with Crippen LogP contribution >= 0.6 is 31.9 Å². The smallest absolute Gasteiger partial charge is 0.254 e. The normalized spacial score (nSPS) is 20.4. The summed E-state index contributed by atoms with van der Waals surface area (Å²) < 4.78 is 1.83. The van der Waals surface area contributed by atoms with Crippen LogP contribution in [-0.4, -0.2) is 36.5 Å². The van der Waals surface area contributed by atoms with E-state index in [0.717, 1.165) is 34.1 Å². The van der Waals surface area contributed by atoms with E-state index >= 15 is 0 Å². The fourth-order valence-electron chi connectivity index (χ4n) is 1.98. The average Bonchev–Trinajstić information content (AvgIpc) is 2.26. The number of hydrogen-bond acceptors (Lipinski definition) is 2. The van der Waals surface area contributed by atoms with Gasteiger partial charge in [0.05, 0.1) is 0 Å². The van der Waals surface area contributed by atoms with Crippen LogP contribution in [0.1, 0.15) is 17.3 Å². The quantitative estimate of drug-likeness (QED) is 0.833. The number of piperazine rings is 1. The Hall–Kier alpha value is -0.390. The molecular formula is C12H14Br2N2O. The third-order valence-electron chi connectivity index (χ3n) is 2.77. The number of amides is 1. The topological polar surface area (TPSA) is 32.3 Å². The highest BCUT2D eigenvalue weighted by molar-refractivity contribution is 9.11. The first-order chi connectivity index (χ1) is 8.06. The lowest BCUT2D eigenvalue weighted by Gasteiger charge is -2.32. The fraction of sp³-hybridized carbons (Fsp3) is 0.417. The Balaban J connectivity index is 2.18. The number of benzene rings is 1. The summed E-state index contributed by atoms with van der Waals surface area (Å²) >= 11 is 6.81. The van der Waals surface area contributed by atoms with Crippen molar-refractivity contribution in [3.63, 3.8) is 0 Å². The molecule has 1 atom stereocenters. The first kappa shape index (κ1) is 13.1. The molecule has 0 aromatic heterocycles. The van der Waals surface area contributed by atoms with Crippen LogP contribution in [0.2, 0.25) is 0 Å². The maximum Gasteiger partial charge on any atom is 0.254 e. The van der Waals surface area contributed by atoms with E-state index in [4.69, 9.17) is 0 Å². The number of carbonyl (C=O) groups is 1. The van der Waals surface area contributed by atoms with Crippen molar-refractivity contribution in [2.45, 2.75) is 13.0 Å². The van der Waals surface area contributed by atoms with Gasteiger partial charge in [0.1, 0.15) is 0 Å². The minimum absolute atomic E-state index is 0.0975. The van der Waals surface area contributed by atoms with Crippen LogP contribution in [0.4, 0.5) is 0 Å². The van der Waals surface area contributed by atoms with Crippen molar-refractivity contribution in [3.8, 4) is 0 Å². The van der Waals surface area contributed by atoms with Crippen LogP contribution in [0, 0.1) is 0 Å². The Morgan fingerprint density at radius 2 is 2.00 bits per heavy atom. The van der Waals surface area contributed by atoms with Crippen molar-refractivity contribution in [2.24, 2.45) is 0 Å². The SMILES string of the molecule is C[C@@H]1CN(C(=O)c2cc(Br)cc(Br)c2)CCN1. The number of halogens is 2. The molecule has 0 bridgehead atoms. The van der Waals surface area contributed by atoms with Gasteiger partial charge in [0, 0.05) is 40.2 Å². The maximum absolute atomic E-state index is 12.3. The third-order valence-corrected chi connectivity index (χ3v) is 3.68. The van der Waals surface area contributed by atoms with Gasteiger partial charge in [0.15, 0.2) is 0 Å². The molecule has 2 rings (SSSR count). The summed E-state index contributed by atoms with van der Waals surface area (Å²) in [6.45, 7) is 4.49. The number of nitrogens with one attached hydrogen (secondary N) is 1. The number of rotatable bonds is 1. The van der Waals surface area contributed by atoms with Crippen molar-refractivity contribution >= 4 is 37.8 Å². The van der Waals surface area contributed by atoms with Crippen LogP contribution in [0.5, 0.6) is 0 Å². The minimum atomic E-state index is 0.0975. The molecule has 0 radical (unpaired) electrons. The predicted molar refractivity (Wildman–Crippen MR) is 75.2 cm³/mol. The summed E-state index contributed by atoms with van der Waals surface area (Å²) in [4.78, 5) is 14.2. The van der Waals surface area contributed by atoms with Crippen LogP contribution < -0.4 is 5.32 Å². The Labute approximate surface area is 118 Å². The Morgan fingerprint density at radius 1 is 1.35 bits per heavy atom. The van der Waals surface area contributed by atoms with E-state index in [1.54, 1.807) is 0 Å². The highest BCUT2D eigenvalue weighted by Gasteiger charge is 2.21. The largest absolute Gasteiger partial charge is 0.336 e. The molecule has 1 aliphatic rings. The fourth-order valence-corrected chi connectivity index (χ4v) is 3.27. The van der Waals surface area contributed by atoms with Gasteiger partial charge in [-0.3, -0.25) is 4.79 Å². The molecule has 0 saturated carbocycles. The van der Waals surface area contributed by atoms with E-state index in [0.29, 0.717) is 6.04 Å². The van der Waals surface area contributed by atoms with Gasteiger partial charge < -0.3 is 10.2 Å². The summed E-state index contributed by atoms with van der Waals surface area (Å²) in [5, 5.41) is 3.33. The molecule has 1 aliphatic heterocycles. The highest BCUT2D eigenvalue weighted by Crippen LogP contribution is 2.21. The van der Waals surface area contributed by atoms with E-state index in [-0.39, 0.29) is 5.91 Å². The second kappa shape index (κ2) is 5.50. The molecule has 0 spiro atoms. The van der Waals surface area contributed by atoms with Crippen molar-refractivity contribution in [3.05, 3.63) is 32.7 Å². The molecule has 0 aliphatic carbocycles. The van der Waals surface area contributed by atoms with Crippen molar-refractivity contribution < 1.29 is 4.79 Å². The summed E-state index contributed by atoms with van der Waals surface area (Å²) in [6.07, 6.45) is 0. The van der Waals surface area contributed by atoms with E-state index < -0.39 is 0 Å². The van der Waals surface area contributed by atoms with Gasteiger partial charge in [0.2, 0.25) is 0 Å². The molecule has 17 heavy (non-hydrogen) atoms. The van der Waals surface area contributed by atoms with Gasteiger partial charge in [-0.15, -0.1) is 0 Å². The predicted octanol–water partition coefficient (Wildman–Crippen LogP) is 2.65. The Bertz CT molecular complexity index is 416. The molecule has 1 amide bonds. The highest BCUT2D eigenvalue weighted by atomic mass is 79.9. The van der Waals surface area contributed by atoms with Gasteiger partial charge in [-0.05, 0) is 25.1 Å². The lowest BCUT2D eigenvalue weighted by atomic mass is 10.1. The first-order valence-electron chi connectivity index (χ1n) is 5.55. The number of nitrogens with zero attached hydrogens (tertiary/aromatic N) is 1. The van der Waals surface area contributed by atoms with Crippen LogP contribution in [0.3, 0.4) is 0 Å². The number of carbonyl (C=O) groups excluding carboxylic acids is 1. The van der Waals surface area contributed by atoms with Gasteiger partial charge in [-0.1, -0.05) is 31.9 Å². The average molecular weight is 362 g/mol. The van der Waals surface area contributed by atoms with E-state index in [2.05, 4.69) is 44.1 Å². The van der Waals surface area contributed by atoms with E-state index in [1.165, 1.54) is 0 Å². The molecule has 1 saturated heterocycles. The van der Waals surface area contributed by atoms with E-state index in [1.807, 2.05) is 23.1 Å². The van der Waals surface area contributed by atoms with Crippen LogP contribution in [0.25, 0.3) is 0 Å². The first-order valence-corrected chi connectivity index (χ1v) is 7.13. The monoisotopic (exact) mass is 360 g/mol. The summed E-state index contributed by atoms with van der Waals surface area (Å²) in [7, 11) is 0. The van der Waals surface area contributed by atoms with Gasteiger partial charge in [0.25, 0.3) is 5.91 Å². The van der Waals surface area contributed by atoms with Gasteiger partial charge >= 0.3 is 0 Å². The Morgan fingerprint density at radius 3 is 2.59 bits per heavy atom. The zero-order valence-corrected chi connectivity index (χ0v) is 12.7. The second-order valence-electron chi connectivity index (χ2n) is 4.26. The minimum Gasteiger partial charge on any atom is -0.336 e. The molecule has 1 aromatic rings. The Kier molecular flexibility index (Phi) is 4.22. The summed E-state index contributed by atoms with van der Waals surface area (Å²) in [6, 6.07) is 6.01. The molecule has 0 unspecified atom stereocenters. The zero-order chi connectivity index (χ0) is 12.4. The zero-order valence-electron chi connectivity index (χ0n) is 9.54. The standard InChI is InChI=1S/C12H14Br2N2O/c1-8-7-16(3-2-15-8)12(17)9-4-10(13)6-11(14)5-9/h4-6,8,15H,2-3,7H2,1H3/t8-/m1/s1. The van der Waals surface area contributed by atoms with Crippen LogP contribution in [0.15, 0.2) is 27.1 Å². The molecule has 1 aromatic carbocycles. The third kappa shape index (κ3) is 3.30. The molecule has 5 heteroatoms. The van der Waals surface area contributed by atoms with Crippen molar-refractivity contribution in [2.75, 3.05) is 19.6 Å². The van der Waals surface area contributed by atoms with Gasteiger partial charge in [-0.2, -0.15) is 0 Å². The second-order valence-corrected chi connectivity index (χ2v) is 6.10. The van der Waals surface area contributed by atoms with Crippen molar-refractivity contribution in [1.29, 1.82) is 0 Å². The van der Waals surface area contributed by atoms with Gasteiger partial charge in [-0.25, -0.2) is 0 Å². The molecule has 92 valence electrons.